The first-order valence-electron chi connectivity index (χ1n) is 4.56. The van der Waals surface area contributed by atoms with Crippen molar-refractivity contribution in [3.05, 3.63) is 20.8 Å². The molecule has 0 fully saturated rings. The highest BCUT2D eigenvalue weighted by Gasteiger charge is 2.10. The molecule has 0 amide bonds. The number of rotatable bonds is 5. The first-order valence-corrected chi connectivity index (χ1v) is 8.29. The van der Waals surface area contributed by atoms with Crippen LogP contribution < -0.4 is 5.73 Å². The molecule has 0 aliphatic rings. The maximum Gasteiger partial charge on any atom is 0.147 e. The van der Waals surface area contributed by atoms with E-state index < -0.39 is 9.84 Å². The summed E-state index contributed by atoms with van der Waals surface area (Å²) >= 11 is 4.95. The second kappa shape index (κ2) is 5.43. The average molecular weight is 312 g/mol. The highest BCUT2D eigenvalue weighted by molar-refractivity contribution is 9.10. The molecule has 1 aromatic rings. The van der Waals surface area contributed by atoms with E-state index in [4.69, 9.17) is 5.73 Å². The Kier molecular flexibility index (Phi) is 4.76. The van der Waals surface area contributed by atoms with Gasteiger partial charge in [-0.25, -0.2) is 8.42 Å². The standard InChI is InChI=1S/C9H14BrNO2S2/c1-15(12,13)4-2-3-8(11)9-5-7(10)6-14-9/h5-6,8H,2-4,11H2,1H3. The van der Waals surface area contributed by atoms with Crippen LogP contribution in [0, 0.1) is 0 Å². The molecule has 1 unspecified atom stereocenters. The molecule has 0 bridgehead atoms. The van der Waals surface area contributed by atoms with Gasteiger partial charge in [-0.15, -0.1) is 11.3 Å². The van der Waals surface area contributed by atoms with E-state index in [-0.39, 0.29) is 11.8 Å². The summed E-state index contributed by atoms with van der Waals surface area (Å²) in [6.45, 7) is 0. The Morgan fingerprint density at radius 2 is 2.27 bits per heavy atom. The molecule has 0 aliphatic carbocycles. The van der Waals surface area contributed by atoms with Gasteiger partial charge >= 0.3 is 0 Å². The molecule has 3 nitrogen and oxygen atoms in total. The molecular weight excluding hydrogens is 298 g/mol. The Bertz CT molecular complexity index is 414. The van der Waals surface area contributed by atoms with Crippen LogP contribution in [0.1, 0.15) is 23.8 Å². The number of thiophene rings is 1. The molecule has 2 N–H and O–H groups in total. The largest absolute Gasteiger partial charge is 0.323 e. The fraction of sp³-hybridized carbons (Fsp3) is 0.556. The van der Waals surface area contributed by atoms with Crippen molar-refractivity contribution in [1.82, 2.24) is 0 Å². The second-order valence-electron chi connectivity index (χ2n) is 3.55. The quantitative estimate of drug-likeness (QED) is 0.908. The van der Waals surface area contributed by atoms with Crippen molar-refractivity contribution < 1.29 is 8.42 Å². The van der Waals surface area contributed by atoms with Gasteiger partial charge in [0.15, 0.2) is 0 Å². The maximum atomic E-state index is 10.9. The lowest BCUT2D eigenvalue weighted by Crippen LogP contribution is -2.11. The molecule has 0 aromatic carbocycles. The van der Waals surface area contributed by atoms with Crippen molar-refractivity contribution in [1.29, 1.82) is 0 Å². The zero-order chi connectivity index (χ0) is 11.5. The van der Waals surface area contributed by atoms with Crippen LogP contribution in [0.4, 0.5) is 0 Å². The molecule has 6 heteroatoms. The van der Waals surface area contributed by atoms with Crippen LogP contribution >= 0.6 is 27.3 Å². The van der Waals surface area contributed by atoms with Crippen LogP contribution in [-0.2, 0) is 9.84 Å². The van der Waals surface area contributed by atoms with Crippen molar-refractivity contribution >= 4 is 37.1 Å². The van der Waals surface area contributed by atoms with E-state index in [9.17, 15) is 8.42 Å². The van der Waals surface area contributed by atoms with Crippen LogP contribution in [0.25, 0.3) is 0 Å². The number of sulfone groups is 1. The van der Waals surface area contributed by atoms with Crippen molar-refractivity contribution in [2.24, 2.45) is 5.73 Å². The minimum Gasteiger partial charge on any atom is -0.323 e. The maximum absolute atomic E-state index is 10.9. The fourth-order valence-corrected chi connectivity index (χ4v) is 3.40. The van der Waals surface area contributed by atoms with Crippen LogP contribution in [-0.4, -0.2) is 20.4 Å². The van der Waals surface area contributed by atoms with Crippen LogP contribution in [0.15, 0.2) is 15.9 Å². The van der Waals surface area contributed by atoms with E-state index in [0.29, 0.717) is 12.8 Å². The number of halogens is 1. The van der Waals surface area contributed by atoms with Crippen LogP contribution in [0.2, 0.25) is 0 Å². The van der Waals surface area contributed by atoms with Crippen LogP contribution in [0.5, 0.6) is 0 Å². The molecule has 86 valence electrons. The highest BCUT2D eigenvalue weighted by Crippen LogP contribution is 2.26. The molecule has 1 rings (SSSR count). The lowest BCUT2D eigenvalue weighted by atomic mass is 10.1. The molecule has 15 heavy (non-hydrogen) atoms. The smallest absolute Gasteiger partial charge is 0.147 e. The summed E-state index contributed by atoms with van der Waals surface area (Å²) in [5.41, 5.74) is 5.93. The summed E-state index contributed by atoms with van der Waals surface area (Å²) in [7, 11) is -2.86. The van der Waals surface area contributed by atoms with Gasteiger partial charge in [0.05, 0.1) is 0 Å². The first kappa shape index (κ1) is 13.2. The molecule has 0 aliphatic heterocycles. The van der Waals surface area contributed by atoms with Gasteiger partial charge in [-0.2, -0.15) is 0 Å². The molecule has 0 radical (unpaired) electrons. The minimum absolute atomic E-state index is 0.0527. The first-order chi connectivity index (χ1) is 6.88. The normalized spacial score (nSPS) is 14.1. The minimum atomic E-state index is -2.86. The summed E-state index contributed by atoms with van der Waals surface area (Å²) in [5.74, 6) is 0.216. The number of hydrogen-bond donors (Lipinski definition) is 1. The zero-order valence-corrected chi connectivity index (χ0v) is 11.7. The predicted octanol–water partition coefficient (Wildman–Crippen LogP) is 2.34. The summed E-state index contributed by atoms with van der Waals surface area (Å²) in [5, 5.41) is 1.98. The third-order valence-corrected chi connectivity index (χ3v) is 4.84. The molecule has 1 aromatic heterocycles. The van der Waals surface area contributed by atoms with Crippen molar-refractivity contribution in [3.63, 3.8) is 0 Å². The van der Waals surface area contributed by atoms with Gasteiger partial charge in [-0.1, -0.05) is 0 Å². The van der Waals surface area contributed by atoms with E-state index in [0.717, 1.165) is 9.35 Å². The zero-order valence-electron chi connectivity index (χ0n) is 8.44. The highest BCUT2D eigenvalue weighted by atomic mass is 79.9. The van der Waals surface area contributed by atoms with Crippen molar-refractivity contribution in [2.75, 3.05) is 12.0 Å². The third kappa shape index (κ3) is 5.10. The predicted molar refractivity (Wildman–Crippen MR) is 67.9 cm³/mol. The summed E-state index contributed by atoms with van der Waals surface area (Å²) in [6.07, 6.45) is 2.58. The number of nitrogens with two attached hydrogens (primary N) is 1. The van der Waals surface area contributed by atoms with E-state index in [1.807, 2.05) is 11.4 Å². The third-order valence-electron chi connectivity index (χ3n) is 1.98. The average Bonchev–Trinajstić information content (AvgIpc) is 2.49. The van der Waals surface area contributed by atoms with Crippen molar-refractivity contribution in [3.8, 4) is 0 Å². The van der Waals surface area contributed by atoms with Crippen molar-refractivity contribution in [2.45, 2.75) is 18.9 Å². The Labute approximate surface area is 103 Å². The van der Waals surface area contributed by atoms with Crippen LogP contribution in [0.3, 0.4) is 0 Å². The monoisotopic (exact) mass is 311 g/mol. The summed E-state index contributed by atoms with van der Waals surface area (Å²) < 4.78 is 22.8. The topological polar surface area (TPSA) is 60.2 Å². The van der Waals surface area contributed by atoms with Gasteiger partial charge in [0.1, 0.15) is 9.84 Å². The molecule has 0 saturated heterocycles. The van der Waals surface area contributed by atoms with Gasteiger partial charge in [0.2, 0.25) is 0 Å². The Hall–Kier alpha value is 0.0900. The van der Waals surface area contributed by atoms with E-state index in [1.54, 1.807) is 11.3 Å². The van der Waals surface area contributed by atoms with Gasteiger partial charge < -0.3 is 5.73 Å². The van der Waals surface area contributed by atoms with Gasteiger partial charge in [-0.3, -0.25) is 0 Å². The number of hydrogen-bond acceptors (Lipinski definition) is 4. The van der Waals surface area contributed by atoms with Gasteiger partial charge in [0, 0.05) is 32.8 Å². The van der Waals surface area contributed by atoms with E-state index in [1.165, 1.54) is 6.26 Å². The summed E-state index contributed by atoms with van der Waals surface area (Å²) in [6, 6.07) is 1.93. The van der Waals surface area contributed by atoms with E-state index >= 15 is 0 Å². The Balaban J connectivity index is 2.40. The van der Waals surface area contributed by atoms with Gasteiger partial charge in [-0.05, 0) is 34.8 Å². The molecule has 1 heterocycles. The Morgan fingerprint density at radius 1 is 1.60 bits per heavy atom. The second-order valence-corrected chi connectivity index (χ2v) is 7.66. The lowest BCUT2D eigenvalue weighted by Gasteiger charge is -2.08. The lowest BCUT2D eigenvalue weighted by molar-refractivity contribution is 0.589. The molecular formula is C9H14BrNO2S2. The van der Waals surface area contributed by atoms with E-state index in [2.05, 4.69) is 15.9 Å². The molecule has 0 saturated carbocycles. The fourth-order valence-electron chi connectivity index (χ4n) is 1.23. The molecule has 0 spiro atoms. The Morgan fingerprint density at radius 3 is 2.73 bits per heavy atom. The SMILES string of the molecule is CS(=O)(=O)CCCC(N)c1cc(Br)cs1. The molecule has 1 atom stereocenters. The van der Waals surface area contributed by atoms with Gasteiger partial charge in [0.25, 0.3) is 0 Å². The summed E-state index contributed by atoms with van der Waals surface area (Å²) in [4.78, 5) is 1.09.